The summed E-state index contributed by atoms with van der Waals surface area (Å²) in [5.74, 6) is 0. The van der Waals surface area contributed by atoms with Crippen LogP contribution in [0.25, 0.3) is 0 Å². The molecule has 1 heterocycles. The minimum atomic E-state index is 0.608. The van der Waals surface area contributed by atoms with Gasteiger partial charge in [-0.3, -0.25) is 4.98 Å². The van der Waals surface area contributed by atoms with Crippen LogP contribution in [0.4, 0.5) is 0 Å². The molecule has 1 N–H and O–H groups in total. The second kappa shape index (κ2) is 3.71. The van der Waals surface area contributed by atoms with Crippen LogP contribution in [0.2, 0.25) is 0 Å². The predicted octanol–water partition coefficient (Wildman–Crippen LogP) is 1.47. The molecule has 0 aromatic carbocycles. The van der Waals surface area contributed by atoms with Gasteiger partial charge in [-0.2, -0.15) is 0 Å². The fourth-order valence-corrected chi connectivity index (χ4v) is 0.800. The van der Waals surface area contributed by atoms with E-state index in [9.17, 15) is 0 Å². The standard InChI is InChI=1S/C8H10N2O/c1-7(10-11)6-8-4-2-3-5-9-8/h2-5,11H,6H2,1H3. The van der Waals surface area contributed by atoms with Crippen LogP contribution in [0.5, 0.6) is 0 Å². The number of oxime groups is 1. The van der Waals surface area contributed by atoms with Crippen molar-refractivity contribution in [3.63, 3.8) is 0 Å². The Labute approximate surface area is 65.4 Å². The molecule has 0 atom stereocenters. The molecule has 1 aromatic heterocycles. The normalized spacial score (nSPS) is 11.5. The van der Waals surface area contributed by atoms with Crippen molar-refractivity contribution in [3.8, 4) is 0 Å². The van der Waals surface area contributed by atoms with Gasteiger partial charge in [-0.25, -0.2) is 0 Å². The molecule has 0 saturated carbocycles. The highest BCUT2D eigenvalue weighted by molar-refractivity contribution is 5.83. The lowest BCUT2D eigenvalue weighted by molar-refractivity contribution is 0.317. The van der Waals surface area contributed by atoms with Crippen molar-refractivity contribution >= 4 is 5.71 Å². The lowest BCUT2D eigenvalue weighted by Crippen LogP contribution is -1.98. The minimum Gasteiger partial charge on any atom is -0.411 e. The first-order valence-electron chi connectivity index (χ1n) is 3.40. The monoisotopic (exact) mass is 150 g/mol. The van der Waals surface area contributed by atoms with E-state index in [2.05, 4.69) is 10.1 Å². The van der Waals surface area contributed by atoms with Crippen LogP contribution < -0.4 is 0 Å². The zero-order valence-corrected chi connectivity index (χ0v) is 6.36. The van der Waals surface area contributed by atoms with E-state index in [0.29, 0.717) is 12.1 Å². The Hall–Kier alpha value is -1.38. The zero-order chi connectivity index (χ0) is 8.10. The molecule has 0 amide bonds. The first-order chi connectivity index (χ1) is 5.33. The molecule has 1 rings (SSSR count). The van der Waals surface area contributed by atoms with Gasteiger partial charge in [0.25, 0.3) is 0 Å². The average molecular weight is 150 g/mol. The Kier molecular flexibility index (Phi) is 2.60. The average Bonchev–Trinajstić information content (AvgIpc) is 2.06. The van der Waals surface area contributed by atoms with Crippen LogP contribution in [0.1, 0.15) is 12.6 Å². The van der Waals surface area contributed by atoms with Crippen molar-refractivity contribution in [1.82, 2.24) is 4.98 Å². The van der Waals surface area contributed by atoms with E-state index in [1.165, 1.54) is 0 Å². The summed E-state index contributed by atoms with van der Waals surface area (Å²) in [6.45, 7) is 1.76. The summed E-state index contributed by atoms with van der Waals surface area (Å²) < 4.78 is 0. The second-order valence-corrected chi connectivity index (χ2v) is 2.33. The zero-order valence-electron chi connectivity index (χ0n) is 6.36. The quantitative estimate of drug-likeness (QED) is 0.394. The molecule has 0 bridgehead atoms. The van der Waals surface area contributed by atoms with Gasteiger partial charge in [-0.1, -0.05) is 11.2 Å². The third-order valence-corrected chi connectivity index (χ3v) is 1.33. The van der Waals surface area contributed by atoms with Crippen molar-refractivity contribution < 1.29 is 5.21 Å². The summed E-state index contributed by atoms with van der Waals surface area (Å²) in [6.07, 6.45) is 2.33. The fourth-order valence-electron chi connectivity index (χ4n) is 0.800. The summed E-state index contributed by atoms with van der Waals surface area (Å²) in [4.78, 5) is 4.07. The predicted molar refractivity (Wildman–Crippen MR) is 42.8 cm³/mol. The highest BCUT2D eigenvalue weighted by Gasteiger charge is 1.94. The summed E-state index contributed by atoms with van der Waals surface area (Å²) in [5.41, 5.74) is 1.59. The number of rotatable bonds is 2. The van der Waals surface area contributed by atoms with Gasteiger partial charge in [0.2, 0.25) is 0 Å². The van der Waals surface area contributed by atoms with Crippen molar-refractivity contribution in [2.24, 2.45) is 5.16 Å². The molecule has 0 radical (unpaired) electrons. The number of hydrogen-bond donors (Lipinski definition) is 1. The molecule has 58 valence electrons. The van der Waals surface area contributed by atoms with Gasteiger partial charge >= 0.3 is 0 Å². The molecule has 0 aliphatic heterocycles. The van der Waals surface area contributed by atoms with Gasteiger partial charge in [0.15, 0.2) is 0 Å². The van der Waals surface area contributed by atoms with E-state index >= 15 is 0 Å². The van der Waals surface area contributed by atoms with Crippen LogP contribution in [-0.2, 0) is 6.42 Å². The maximum atomic E-state index is 8.36. The Morgan fingerprint density at radius 1 is 1.64 bits per heavy atom. The van der Waals surface area contributed by atoms with Gasteiger partial charge < -0.3 is 5.21 Å². The maximum absolute atomic E-state index is 8.36. The fraction of sp³-hybridized carbons (Fsp3) is 0.250. The van der Waals surface area contributed by atoms with Gasteiger partial charge in [-0.05, 0) is 19.1 Å². The van der Waals surface area contributed by atoms with Gasteiger partial charge in [-0.15, -0.1) is 0 Å². The topological polar surface area (TPSA) is 45.5 Å². The molecule has 0 spiro atoms. The summed E-state index contributed by atoms with van der Waals surface area (Å²) in [6, 6.07) is 5.66. The van der Waals surface area contributed by atoms with Crippen molar-refractivity contribution in [1.29, 1.82) is 0 Å². The van der Waals surface area contributed by atoms with Gasteiger partial charge in [0.1, 0.15) is 0 Å². The molecule has 0 aliphatic carbocycles. The molecule has 0 saturated heterocycles. The maximum Gasteiger partial charge on any atom is 0.0599 e. The minimum absolute atomic E-state index is 0.608. The molecule has 3 nitrogen and oxygen atoms in total. The molecular formula is C8H10N2O. The van der Waals surface area contributed by atoms with Gasteiger partial charge in [0, 0.05) is 18.3 Å². The summed E-state index contributed by atoms with van der Waals surface area (Å²) in [5, 5.41) is 11.4. The third kappa shape index (κ3) is 2.37. The molecular weight excluding hydrogens is 140 g/mol. The van der Waals surface area contributed by atoms with E-state index in [1.807, 2.05) is 18.2 Å². The lowest BCUT2D eigenvalue weighted by Gasteiger charge is -1.95. The lowest BCUT2D eigenvalue weighted by atomic mass is 10.2. The summed E-state index contributed by atoms with van der Waals surface area (Å²) in [7, 11) is 0. The molecule has 11 heavy (non-hydrogen) atoms. The molecule has 0 aliphatic rings. The van der Waals surface area contributed by atoms with Crippen molar-refractivity contribution in [3.05, 3.63) is 30.1 Å². The number of pyridine rings is 1. The number of aromatic nitrogens is 1. The second-order valence-electron chi connectivity index (χ2n) is 2.33. The van der Waals surface area contributed by atoms with Crippen LogP contribution in [0.3, 0.4) is 0 Å². The molecule has 3 heteroatoms. The van der Waals surface area contributed by atoms with Crippen molar-refractivity contribution in [2.75, 3.05) is 0 Å². The number of nitrogens with zero attached hydrogens (tertiary/aromatic N) is 2. The van der Waals surface area contributed by atoms with Crippen LogP contribution >= 0.6 is 0 Å². The highest BCUT2D eigenvalue weighted by atomic mass is 16.4. The highest BCUT2D eigenvalue weighted by Crippen LogP contribution is 1.95. The Balaban J connectivity index is 2.65. The smallest absolute Gasteiger partial charge is 0.0599 e. The van der Waals surface area contributed by atoms with E-state index in [-0.39, 0.29) is 0 Å². The molecule has 0 fully saturated rings. The number of hydrogen-bond acceptors (Lipinski definition) is 3. The van der Waals surface area contributed by atoms with Gasteiger partial charge in [0.05, 0.1) is 5.71 Å². The summed E-state index contributed by atoms with van der Waals surface area (Å²) >= 11 is 0. The molecule has 0 unspecified atom stereocenters. The van der Waals surface area contributed by atoms with E-state index in [0.717, 1.165) is 5.69 Å². The van der Waals surface area contributed by atoms with Crippen LogP contribution in [0, 0.1) is 0 Å². The first-order valence-corrected chi connectivity index (χ1v) is 3.40. The molecule has 1 aromatic rings. The van der Waals surface area contributed by atoms with E-state index in [1.54, 1.807) is 13.1 Å². The van der Waals surface area contributed by atoms with E-state index in [4.69, 9.17) is 5.21 Å². The Bertz CT molecular complexity index is 244. The first kappa shape index (κ1) is 7.72. The SMILES string of the molecule is CC(Cc1ccccn1)=NO. The van der Waals surface area contributed by atoms with Crippen LogP contribution in [0.15, 0.2) is 29.6 Å². The van der Waals surface area contributed by atoms with Crippen LogP contribution in [-0.4, -0.2) is 15.9 Å². The van der Waals surface area contributed by atoms with Crippen molar-refractivity contribution in [2.45, 2.75) is 13.3 Å². The Morgan fingerprint density at radius 3 is 3.00 bits per heavy atom. The largest absolute Gasteiger partial charge is 0.411 e. The third-order valence-electron chi connectivity index (χ3n) is 1.33. The Morgan fingerprint density at radius 2 is 2.45 bits per heavy atom. The van der Waals surface area contributed by atoms with E-state index < -0.39 is 0 Å².